The number of carbonyl (C=O) groups excluding carboxylic acids is 1. The number of carbonyl (C=O) groups is 1. The summed E-state index contributed by atoms with van der Waals surface area (Å²) in [6, 6.07) is 5.75. The first-order valence-corrected chi connectivity index (χ1v) is 10.1. The predicted molar refractivity (Wildman–Crippen MR) is 106 cm³/mol. The van der Waals surface area contributed by atoms with Gasteiger partial charge in [-0.3, -0.25) is 4.79 Å². The highest BCUT2D eigenvalue weighted by molar-refractivity contribution is 14.1. The minimum absolute atomic E-state index is 0.0123. The molecule has 2 aliphatic heterocycles. The van der Waals surface area contributed by atoms with E-state index in [1.165, 1.54) is 0 Å². The molecule has 2 aliphatic rings. The Morgan fingerprint density at radius 3 is 2.64 bits per heavy atom. The third-order valence-electron chi connectivity index (χ3n) is 5.49. The number of nitrogens with one attached hydrogen (secondary N) is 1. The van der Waals surface area contributed by atoms with Gasteiger partial charge in [0.2, 0.25) is 5.95 Å². The van der Waals surface area contributed by atoms with Crippen molar-refractivity contribution in [2.75, 3.05) is 5.32 Å². The van der Waals surface area contributed by atoms with Gasteiger partial charge in [-0.05, 0) is 60.4 Å². The second-order valence-corrected chi connectivity index (χ2v) is 8.31. The van der Waals surface area contributed by atoms with Crippen molar-refractivity contribution in [2.24, 2.45) is 0 Å². The summed E-state index contributed by atoms with van der Waals surface area (Å²) in [4.78, 5) is 22.7. The lowest BCUT2D eigenvalue weighted by molar-refractivity contribution is -0.138. The van der Waals surface area contributed by atoms with E-state index in [-0.39, 0.29) is 30.0 Å². The number of aryl methyl sites for hydroxylation is 1. The van der Waals surface area contributed by atoms with Crippen LogP contribution in [0.3, 0.4) is 0 Å². The van der Waals surface area contributed by atoms with Crippen LogP contribution in [0.5, 0.6) is 0 Å². The summed E-state index contributed by atoms with van der Waals surface area (Å²) in [6.07, 6.45) is -0.370. The molecule has 0 saturated carbocycles. The number of anilines is 1. The van der Waals surface area contributed by atoms with Crippen molar-refractivity contribution < 1.29 is 18.0 Å². The van der Waals surface area contributed by atoms with E-state index in [2.05, 4.69) is 37.9 Å². The number of fused-ring (bicyclic) bond motifs is 2. The molecule has 1 N–H and O–H groups in total. The Bertz CT molecular complexity index is 903. The average Bonchev–Trinajstić information content (AvgIpc) is 3.21. The van der Waals surface area contributed by atoms with Gasteiger partial charge < -0.3 is 10.2 Å². The molecule has 28 heavy (non-hydrogen) atoms. The number of nitrogens with zero attached hydrogens (tertiary/aromatic N) is 3. The third-order valence-corrected chi connectivity index (χ3v) is 6.92. The predicted octanol–water partition coefficient (Wildman–Crippen LogP) is 4.27. The molecule has 2 fully saturated rings. The highest BCUT2D eigenvalue weighted by Crippen LogP contribution is 2.40. The first kappa shape index (κ1) is 19.4. The highest BCUT2D eigenvalue weighted by atomic mass is 127. The highest BCUT2D eigenvalue weighted by Gasteiger charge is 2.49. The van der Waals surface area contributed by atoms with Crippen molar-refractivity contribution in [1.29, 1.82) is 0 Å². The molecular weight excluding hydrogens is 484 g/mol. The minimum Gasteiger partial charge on any atom is -0.349 e. The van der Waals surface area contributed by atoms with Crippen LogP contribution in [0.25, 0.3) is 0 Å². The van der Waals surface area contributed by atoms with Gasteiger partial charge in [-0.1, -0.05) is 12.1 Å². The fourth-order valence-corrected chi connectivity index (χ4v) is 4.72. The van der Waals surface area contributed by atoms with Crippen molar-refractivity contribution in [1.82, 2.24) is 14.9 Å². The van der Waals surface area contributed by atoms with Gasteiger partial charge in [0, 0.05) is 22.0 Å². The first-order valence-electron chi connectivity index (χ1n) is 8.99. The molecule has 2 saturated heterocycles. The van der Waals surface area contributed by atoms with E-state index >= 15 is 0 Å². The van der Waals surface area contributed by atoms with Crippen LogP contribution >= 0.6 is 22.6 Å². The minimum atomic E-state index is -4.46. The van der Waals surface area contributed by atoms with E-state index in [1.54, 1.807) is 0 Å². The molecule has 1 aromatic carbocycles. The standard InChI is InChI=1S/C19H18F3IN4O/c1-10-3-2-4-13(16(10)23)17(28)27-12-5-6-15(27)14(7-12)26-18-24-8-11(9-25-18)19(20,21)22/h2-4,8-9,12,14-15H,5-7H2,1H3,(H,24,25,26)/t12-,14-,15+/m1/s1. The topological polar surface area (TPSA) is 58.1 Å². The van der Waals surface area contributed by atoms with Crippen molar-refractivity contribution >= 4 is 34.4 Å². The number of amides is 1. The zero-order chi connectivity index (χ0) is 20.1. The molecule has 9 heteroatoms. The Morgan fingerprint density at radius 1 is 1.25 bits per heavy atom. The van der Waals surface area contributed by atoms with Gasteiger partial charge in [0.25, 0.3) is 5.91 Å². The average molecular weight is 502 g/mol. The summed E-state index contributed by atoms with van der Waals surface area (Å²) in [5.41, 5.74) is 0.881. The summed E-state index contributed by atoms with van der Waals surface area (Å²) in [7, 11) is 0. The quantitative estimate of drug-likeness (QED) is 0.638. The lowest BCUT2D eigenvalue weighted by Gasteiger charge is -2.25. The van der Waals surface area contributed by atoms with Gasteiger partial charge >= 0.3 is 6.18 Å². The van der Waals surface area contributed by atoms with Crippen LogP contribution in [0.2, 0.25) is 0 Å². The van der Waals surface area contributed by atoms with Crippen LogP contribution < -0.4 is 5.32 Å². The zero-order valence-corrected chi connectivity index (χ0v) is 17.2. The van der Waals surface area contributed by atoms with E-state index in [9.17, 15) is 18.0 Å². The smallest absolute Gasteiger partial charge is 0.349 e. The maximum absolute atomic E-state index is 13.2. The summed E-state index contributed by atoms with van der Waals surface area (Å²) in [6.45, 7) is 1.98. The summed E-state index contributed by atoms with van der Waals surface area (Å²) >= 11 is 2.20. The largest absolute Gasteiger partial charge is 0.419 e. The Kier molecular flexibility index (Phi) is 4.96. The summed E-state index contributed by atoms with van der Waals surface area (Å²) < 4.78 is 38.9. The van der Waals surface area contributed by atoms with Crippen LogP contribution in [-0.2, 0) is 6.18 Å². The number of hydrogen-bond acceptors (Lipinski definition) is 4. The summed E-state index contributed by atoms with van der Waals surface area (Å²) in [5, 5.41) is 3.13. The maximum atomic E-state index is 13.2. The second kappa shape index (κ2) is 7.16. The van der Waals surface area contributed by atoms with E-state index in [0.717, 1.165) is 40.8 Å². The van der Waals surface area contributed by atoms with Gasteiger partial charge in [-0.15, -0.1) is 0 Å². The summed E-state index contributed by atoms with van der Waals surface area (Å²) in [5.74, 6) is 0.168. The Morgan fingerprint density at radius 2 is 1.96 bits per heavy atom. The first-order chi connectivity index (χ1) is 13.3. The van der Waals surface area contributed by atoms with Crippen molar-refractivity contribution in [3.05, 3.63) is 50.9 Å². The monoisotopic (exact) mass is 502 g/mol. The molecule has 5 nitrogen and oxygen atoms in total. The maximum Gasteiger partial charge on any atom is 0.419 e. The SMILES string of the molecule is Cc1cccc(C(=O)N2[C@@H]3CC[C@H]2[C@H](Nc2ncc(C(F)(F)F)cn2)C3)c1I. The molecule has 2 bridgehead atoms. The van der Waals surface area contributed by atoms with Crippen LogP contribution in [0.1, 0.15) is 40.7 Å². The molecule has 0 spiro atoms. The number of benzene rings is 1. The normalized spacial score (nSPS) is 23.9. The molecule has 0 aliphatic carbocycles. The fourth-order valence-electron chi connectivity index (χ4n) is 4.13. The number of alkyl halides is 3. The number of hydrogen-bond donors (Lipinski definition) is 1. The van der Waals surface area contributed by atoms with Gasteiger partial charge in [-0.2, -0.15) is 13.2 Å². The molecule has 1 aromatic heterocycles. The molecule has 3 atom stereocenters. The van der Waals surface area contributed by atoms with Crippen molar-refractivity contribution in [3.63, 3.8) is 0 Å². The molecule has 0 unspecified atom stereocenters. The van der Waals surface area contributed by atoms with Crippen LogP contribution in [0.15, 0.2) is 30.6 Å². The van der Waals surface area contributed by atoms with Crippen molar-refractivity contribution in [3.8, 4) is 0 Å². The molecular formula is C19H18F3IN4O. The number of aromatic nitrogens is 2. The van der Waals surface area contributed by atoms with Crippen LogP contribution in [0, 0.1) is 10.5 Å². The number of halogens is 4. The van der Waals surface area contributed by atoms with E-state index in [0.29, 0.717) is 5.56 Å². The molecule has 1 amide bonds. The number of rotatable bonds is 3. The Balaban J connectivity index is 1.51. The fraction of sp³-hybridized carbons (Fsp3) is 0.421. The molecule has 0 radical (unpaired) electrons. The Hall–Kier alpha value is -1.91. The Labute approximate surface area is 173 Å². The molecule has 148 valence electrons. The van der Waals surface area contributed by atoms with Crippen molar-refractivity contribution in [2.45, 2.75) is 50.5 Å². The van der Waals surface area contributed by atoms with Gasteiger partial charge in [0.15, 0.2) is 0 Å². The van der Waals surface area contributed by atoms with Gasteiger partial charge in [0.05, 0.1) is 23.2 Å². The second-order valence-electron chi connectivity index (χ2n) is 7.23. The van der Waals surface area contributed by atoms with Crippen LogP contribution in [0.4, 0.5) is 19.1 Å². The lowest BCUT2D eigenvalue weighted by Crippen LogP contribution is -2.40. The van der Waals surface area contributed by atoms with E-state index in [4.69, 9.17) is 0 Å². The molecule has 4 rings (SSSR count). The van der Waals surface area contributed by atoms with Gasteiger partial charge in [0.1, 0.15) is 0 Å². The van der Waals surface area contributed by atoms with E-state index < -0.39 is 11.7 Å². The lowest BCUT2D eigenvalue weighted by atomic mass is 9.96. The van der Waals surface area contributed by atoms with Gasteiger partial charge in [-0.25, -0.2) is 9.97 Å². The zero-order valence-electron chi connectivity index (χ0n) is 15.0. The molecule has 2 aromatic rings. The third kappa shape index (κ3) is 3.44. The molecule has 3 heterocycles. The van der Waals surface area contributed by atoms with Crippen LogP contribution in [-0.4, -0.2) is 38.9 Å². The van der Waals surface area contributed by atoms with E-state index in [1.807, 2.05) is 30.0 Å².